The van der Waals surface area contributed by atoms with Crippen LogP contribution in [0.5, 0.6) is 0 Å². The van der Waals surface area contributed by atoms with Gasteiger partial charge in [0.05, 0.1) is 4.92 Å². The smallest absolute Gasteiger partial charge is 0.270 e. The maximum Gasteiger partial charge on any atom is 0.270 e. The van der Waals surface area contributed by atoms with E-state index >= 15 is 0 Å². The van der Waals surface area contributed by atoms with Gasteiger partial charge in [-0.3, -0.25) is 14.9 Å². The Hall–Kier alpha value is -1.91. The van der Waals surface area contributed by atoms with Gasteiger partial charge in [0.1, 0.15) is 0 Å². The van der Waals surface area contributed by atoms with Gasteiger partial charge in [0, 0.05) is 36.5 Å². The number of nitro benzene ring substituents is 1. The number of non-ortho nitro benzene ring substituents is 1. The van der Waals surface area contributed by atoms with Crippen LogP contribution >= 0.6 is 0 Å². The van der Waals surface area contributed by atoms with Crippen molar-refractivity contribution in [3.05, 3.63) is 33.9 Å². The van der Waals surface area contributed by atoms with Gasteiger partial charge in [-0.1, -0.05) is 6.42 Å². The van der Waals surface area contributed by atoms with Crippen LogP contribution < -0.4 is 4.90 Å². The molecule has 1 aromatic carbocycles. The minimum atomic E-state index is -0.460. The first-order chi connectivity index (χ1) is 9.52. The van der Waals surface area contributed by atoms with Crippen molar-refractivity contribution in [3.63, 3.8) is 0 Å². The van der Waals surface area contributed by atoms with Crippen LogP contribution in [0.15, 0.2) is 18.2 Å². The lowest BCUT2D eigenvalue weighted by atomic mass is 9.85. The lowest BCUT2D eigenvalue weighted by molar-refractivity contribution is -0.384. The molecule has 1 fully saturated rings. The summed E-state index contributed by atoms with van der Waals surface area (Å²) in [6.45, 7) is 5.23. The number of hydrogen-bond acceptors (Lipinski definition) is 4. The van der Waals surface area contributed by atoms with Crippen molar-refractivity contribution < 1.29 is 9.72 Å². The van der Waals surface area contributed by atoms with Crippen molar-refractivity contribution in [1.29, 1.82) is 0 Å². The zero-order valence-electron chi connectivity index (χ0n) is 12.0. The van der Waals surface area contributed by atoms with Crippen molar-refractivity contribution in [2.75, 3.05) is 18.0 Å². The Morgan fingerprint density at radius 1 is 1.45 bits per heavy atom. The second-order valence-corrected chi connectivity index (χ2v) is 5.35. The monoisotopic (exact) mass is 276 g/mol. The van der Waals surface area contributed by atoms with Gasteiger partial charge < -0.3 is 4.90 Å². The van der Waals surface area contributed by atoms with Crippen LogP contribution in [0.2, 0.25) is 0 Å². The number of anilines is 1. The van der Waals surface area contributed by atoms with Crippen LogP contribution in [0.1, 0.15) is 43.5 Å². The molecule has 1 aromatic rings. The van der Waals surface area contributed by atoms with Crippen LogP contribution in [0.3, 0.4) is 0 Å². The highest BCUT2D eigenvalue weighted by Gasteiger charge is 2.23. The highest BCUT2D eigenvalue weighted by molar-refractivity contribution is 6.00. The summed E-state index contributed by atoms with van der Waals surface area (Å²) >= 11 is 0. The first-order valence-electron chi connectivity index (χ1n) is 7.07. The summed E-state index contributed by atoms with van der Waals surface area (Å²) in [5.74, 6) is 0.556. The number of carbonyl (C=O) groups excluding carboxylic acids is 1. The highest BCUT2D eigenvalue weighted by Crippen LogP contribution is 2.31. The van der Waals surface area contributed by atoms with Crippen molar-refractivity contribution in [1.82, 2.24) is 0 Å². The van der Waals surface area contributed by atoms with Crippen molar-refractivity contribution in [2.45, 2.75) is 33.1 Å². The summed E-state index contributed by atoms with van der Waals surface area (Å²) in [6.07, 6.45) is 3.75. The van der Waals surface area contributed by atoms with E-state index in [-0.39, 0.29) is 11.5 Å². The van der Waals surface area contributed by atoms with E-state index in [0.717, 1.165) is 18.8 Å². The van der Waals surface area contributed by atoms with Crippen molar-refractivity contribution in [2.24, 2.45) is 5.92 Å². The summed E-state index contributed by atoms with van der Waals surface area (Å²) in [5.41, 5.74) is 1.23. The summed E-state index contributed by atoms with van der Waals surface area (Å²) < 4.78 is 0. The van der Waals surface area contributed by atoms with E-state index in [0.29, 0.717) is 11.5 Å². The average Bonchev–Trinajstić information content (AvgIpc) is 2.37. The lowest BCUT2D eigenvalue weighted by Crippen LogP contribution is -2.33. The number of nitro groups is 1. The van der Waals surface area contributed by atoms with Gasteiger partial charge in [-0.05, 0) is 38.7 Å². The predicted molar refractivity (Wildman–Crippen MR) is 78.3 cm³/mol. The molecule has 1 saturated carbocycles. The van der Waals surface area contributed by atoms with E-state index in [9.17, 15) is 14.9 Å². The molecule has 0 bridgehead atoms. The molecule has 0 aromatic heterocycles. The second kappa shape index (κ2) is 6.03. The Bertz CT molecular complexity index is 524. The van der Waals surface area contributed by atoms with E-state index in [1.165, 1.54) is 38.3 Å². The zero-order chi connectivity index (χ0) is 14.7. The van der Waals surface area contributed by atoms with Crippen molar-refractivity contribution in [3.8, 4) is 0 Å². The number of Topliss-reactive ketones (excluding diaryl/α,β-unsaturated/α-hetero) is 1. The van der Waals surface area contributed by atoms with Gasteiger partial charge in [0.15, 0.2) is 5.78 Å². The fraction of sp³-hybridized carbons (Fsp3) is 0.533. The number of hydrogen-bond donors (Lipinski definition) is 0. The summed E-state index contributed by atoms with van der Waals surface area (Å²) in [5, 5.41) is 10.8. The third kappa shape index (κ3) is 2.98. The summed E-state index contributed by atoms with van der Waals surface area (Å²) in [7, 11) is 0. The molecule has 0 radical (unpaired) electrons. The van der Waals surface area contributed by atoms with Crippen LogP contribution in [0.4, 0.5) is 11.4 Å². The fourth-order valence-corrected chi connectivity index (χ4v) is 2.58. The van der Waals surface area contributed by atoms with E-state index in [4.69, 9.17) is 0 Å². The Balaban J connectivity index is 2.32. The molecule has 0 spiro atoms. The molecule has 0 unspecified atom stereocenters. The molecular formula is C15H20N2O3. The second-order valence-electron chi connectivity index (χ2n) is 5.35. The topological polar surface area (TPSA) is 63.4 Å². The highest BCUT2D eigenvalue weighted by atomic mass is 16.6. The number of benzene rings is 1. The summed E-state index contributed by atoms with van der Waals surface area (Å²) in [6, 6.07) is 4.57. The molecule has 108 valence electrons. The maximum absolute atomic E-state index is 11.8. The summed E-state index contributed by atoms with van der Waals surface area (Å²) in [4.78, 5) is 24.3. The largest absolute Gasteiger partial charge is 0.371 e. The third-order valence-corrected chi connectivity index (χ3v) is 4.00. The predicted octanol–water partition coefficient (Wildman–Crippen LogP) is 3.42. The molecule has 0 heterocycles. The van der Waals surface area contributed by atoms with E-state index in [1.54, 1.807) is 6.07 Å². The van der Waals surface area contributed by atoms with Gasteiger partial charge in [-0.2, -0.15) is 0 Å². The molecular weight excluding hydrogens is 256 g/mol. The maximum atomic E-state index is 11.8. The first-order valence-corrected chi connectivity index (χ1v) is 7.07. The van der Waals surface area contributed by atoms with Gasteiger partial charge >= 0.3 is 0 Å². The Morgan fingerprint density at radius 2 is 2.15 bits per heavy atom. The average molecular weight is 276 g/mol. The molecule has 0 atom stereocenters. The Labute approximate surface area is 118 Å². The number of nitrogens with zero attached hydrogens (tertiary/aromatic N) is 2. The molecule has 1 aliphatic carbocycles. The van der Waals surface area contributed by atoms with Crippen LogP contribution in [0.25, 0.3) is 0 Å². The van der Waals surface area contributed by atoms with E-state index in [1.807, 2.05) is 6.92 Å². The van der Waals surface area contributed by atoms with Crippen LogP contribution in [0, 0.1) is 16.0 Å². The van der Waals surface area contributed by atoms with Crippen LogP contribution in [-0.2, 0) is 0 Å². The van der Waals surface area contributed by atoms with Gasteiger partial charge in [-0.25, -0.2) is 0 Å². The minimum absolute atomic E-state index is 0.0290. The SMILES string of the molecule is CCN(CC1CCC1)c1ccc([N+](=O)[O-])cc1C(C)=O. The quantitative estimate of drug-likeness (QED) is 0.453. The molecule has 20 heavy (non-hydrogen) atoms. The third-order valence-electron chi connectivity index (χ3n) is 4.00. The molecule has 5 heteroatoms. The molecule has 2 rings (SSSR count). The Morgan fingerprint density at radius 3 is 2.60 bits per heavy atom. The normalized spacial score (nSPS) is 14.7. The molecule has 5 nitrogen and oxygen atoms in total. The molecule has 0 aliphatic heterocycles. The fourth-order valence-electron chi connectivity index (χ4n) is 2.58. The lowest BCUT2D eigenvalue weighted by Gasteiger charge is -2.33. The van der Waals surface area contributed by atoms with Crippen LogP contribution in [-0.4, -0.2) is 23.8 Å². The van der Waals surface area contributed by atoms with Gasteiger partial charge in [-0.15, -0.1) is 0 Å². The number of rotatable bonds is 6. The Kier molecular flexibility index (Phi) is 4.37. The molecule has 1 aliphatic rings. The standard InChI is InChI=1S/C15H20N2O3/c1-3-16(10-12-5-4-6-12)15-8-7-13(17(19)20)9-14(15)11(2)18/h7-9,12H,3-6,10H2,1-2H3. The minimum Gasteiger partial charge on any atom is -0.371 e. The molecule has 0 amide bonds. The first kappa shape index (κ1) is 14.5. The molecule has 0 saturated heterocycles. The number of carbonyl (C=O) groups is 1. The van der Waals surface area contributed by atoms with Crippen molar-refractivity contribution >= 4 is 17.2 Å². The van der Waals surface area contributed by atoms with Gasteiger partial charge in [0.25, 0.3) is 5.69 Å². The van der Waals surface area contributed by atoms with E-state index in [2.05, 4.69) is 4.90 Å². The van der Waals surface area contributed by atoms with E-state index < -0.39 is 4.92 Å². The zero-order valence-corrected chi connectivity index (χ0v) is 12.0. The van der Waals surface area contributed by atoms with Gasteiger partial charge in [0.2, 0.25) is 0 Å². The molecule has 0 N–H and O–H groups in total. The number of ketones is 1.